The van der Waals surface area contributed by atoms with Gasteiger partial charge in [0, 0.05) is 29.9 Å². The van der Waals surface area contributed by atoms with Gasteiger partial charge >= 0.3 is 0 Å². The van der Waals surface area contributed by atoms with Crippen LogP contribution in [0.25, 0.3) is 0 Å². The molecular weight excluding hydrogens is 216 g/mol. The van der Waals surface area contributed by atoms with E-state index in [-0.39, 0.29) is 0 Å². The van der Waals surface area contributed by atoms with Gasteiger partial charge in [0.25, 0.3) is 0 Å². The molecule has 1 aliphatic carbocycles. The van der Waals surface area contributed by atoms with E-state index in [0.717, 1.165) is 23.4 Å². The fraction of sp³-hybridized carbons (Fsp3) is 1.00. The Hall–Kier alpha value is 0.270. The highest BCUT2D eigenvalue weighted by molar-refractivity contribution is 7.99. The van der Waals surface area contributed by atoms with Crippen molar-refractivity contribution >= 4 is 11.8 Å². The largest absolute Gasteiger partial charge is 0.313 e. The second-order valence-electron chi connectivity index (χ2n) is 5.50. The molecule has 0 amide bonds. The molecule has 0 aromatic rings. The first kappa shape index (κ1) is 12.7. The number of thioether (sulfide) groups is 1. The third-order valence-corrected chi connectivity index (χ3v) is 5.07. The number of nitrogens with one attached hydrogen (secondary N) is 1. The van der Waals surface area contributed by atoms with Crippen molar-refractivity contribution in [3.8, 4) is 0 Å². The molecular formula is C13H26N2S. The maximum absolute atomic E-state index is 3.73. The van der Waals surface area contributed by atoms with Crippen molar-refractivity contribution in [1.82, 2.24) is 10.2 Å². The lowest BCUT2D eigenvalue weighted by Gasteiger charge is -2.20. The molecule has 3 atom stereocenters. The molecule has 0 radical (unpaired) electrons. The summed E-state index contributed by atoms with van der Waals surface area (Å²) < 4.78 is 0. The Morgan fingerprint density at radius 3 is 2.81 bits per heavy atom. The Bertz CT molecular complexity index is 218. The van der Waals surface area contributed by atoms with E-state index >= 15 is 0 Å². The summed E-state index contributed by atoms with van der Waals surface area (Å²) in [7, 11) is 0. The van der Waals surface area contributed by atoms with E-state index in [1.54, 1.807) is 0 Å². The van der Waals surface area contributed by atoms with Crippen LogP contribution >= 0.6 is 11.8 Å². The third-order valence-electron chi connectivity index (χ3n) is 4.03. The van der Waals surface area contributed by atoms with Crippen LogP contribution in [0.5, 0.6) is 0 Å². The molecule has 0 spiro atoms. The summed E-state index contributed by atoms with van der Waals surface area (Å²) in [6.07, 6.45) is 7.75. The quantitative estimate of drug-likeness (QED) is 0.770. The van der Waals surface area contributed by atoms with Gasteiger partial charge in [-0.1, -0.05) is 6.92 Å². The SMILES string of the molecule is CSC(C)CCNC1CC(C)N(C2CC2)C1. The molecule has 2 fully saturated rings. The number of rotatable bonds is 6. The van der Waals surface area contributed by atoms with E-state index in [2.05, 4.69) is 30.3 Å². The molecule has 3 unspecified atom stereocenters. The zero-order chi connectivity index (χ0) is 11.5. The highest BCUT2D eigenvalue weighted by atomic mass is 32.2. The molecule has 0 aromatic carbocycles. The van der Waals surface area contributed by atoms with Crippen molar-refractivity contribution in [3.63, 3.8) is 0 Å². The summed E-state index contributed by atoms with van der Waals surface area (Å²) in [5.41, 5.74) is 0. The lowest BCUT2D eigenvalue weighted by atomic mass is 10.2. The summed E-state index contributed by atoms with van der Waals surface area (Å²) in [5.74, 6) is 0. The first-order valence-corrected chi connectivity index (χ1v) is 8.01. The van der Waals surface area contributed by atoms with Gasteiger partial charge in [-0.25, -0.2) is 0 Å². The highest BCUT2D eigenvalue weighted by Crippen LogP contribution is 2.33. The molecule has 1 aliphatic heterocycles. The summed E-state index contributed by atoms with van der Waals surface area (Å²) >= 11 is 1.97. The predicted molar refractivity (Wildman–Crippen MR) is 73.2 cm³/mol. The monoisotopic (exact) mass is 242 g/mol. The van der Waals surface area contributed by atoms with Gasteiger partial charge < -0.3 is 5.32 Å². The molecule has 1 heterocycles. The van der Waals surface area contributed by atoms with Crippen LogP contribution in [0, 0.1) is 0 Å². The van der Waals surface area contributed by atoms with Crippen LogP contribution in [0.4, 0.5) is 0 Å². The molecule has 16 heavy (non-hydrogen) atoms. The zero-order valence-electron chi connectivity index (χ0n) is 10.9. The van der Waals surface area contributed by atoms with Crippen LogP contribution in [0.2, 0.25) is 0 Å². The van der Waals surface area contributed by atoms with Crippen molar-refractivity contribution in [2.45, 2.75) is 62.9 Å². The standard InChI is InChI=1S/C13H26N2S/c1-10-8-12(9-15(10)13-4-5-13)14-7-6-11(2)16-3/h10-14H,4-9H2,1-3H3. The van der Waals surface area contributed by atoms with Crippen molar-refractivity contribution in [3.05, 3.63) is 0 Å². The minimum atomic E-state index is 0.754. The van der Waals surface area contributed by atoms with Crippen molar-refractivity contribution < 1.29 is 0 Å². The minimum absolute atomic E-state index is 0.754. The second-order valence-corrected chi connectivity index (χ2v) is 6.77. The number of nitrogens with zero attached hydrogens (tertiary/aromatic N) is 1. The summed E-state index contributed by atoms with van der Waals surface area (Å²) in [4.78, 5) is 2.72. The molecule has 94 valence electrons. The molecule has 1 N–H and O–H groups in total. The highest BCUT2D eigenvalue weighted by Gasteiger charge is 2.38. The number of hydrogen-bond acceptors (Lipinski definition) is 3. The van der Waals surface area contributed by atoms with Gasteiger partial charge in [0.15, 0.2) is 0 Å². The molecule has 0 aromatic heterocycles. The van der Waals surface area contributed by atoms with Crippen LogP contribution in [0.15, 0.2) is 0 Å². The lowest BCUT2D eigenvalue weighted by molar-refractivity contribution is 0.255. The van der Waals surface area contributed by atoms with Crippen molar-refractivity contribution in [1.29, 1.82) is 0 Å². The van der Waals surface area contributed by atoms with Crippen LogP contribution in [-0.4, -0.2) is 47.6 Å². The first-order chi connectivity index (χ1) is 7.70. The molecule has 3 heteroatoms. The van der Waals surface area contributed by atoms with Gasteiger partial charge in [-0.15, -0.1) is 0 Å². The summed E-state index contributed by atoms with van der Waals surface area (Å²) in [5, 5.41) is 4.53. The summed E-state index contributed by atoms with van der Waals surface area (Å²) in [6, 6.07) is 2.50. The average Bonchev–Trinajstić information content (AvgIpc) is 3.03. The molecule has 1 saturated heterocycles. The van der Waals surface area contributed by atoms with Gasteiger partial charge in [-0.05, 0) is 45.4 Å². The van der Waals surface area contributed by atoms with E-state index in [0.29, 0.717) is 0 Å². The van der Waals surface area contributed by atoms with E-state index in [1.165, 1.54) is 38.8 Å². The van der Waals surface area contributed by atoms with Crippen molar-refractivity contribution in [2.24, 2.45) is 0 Å². The van der Waals surface area contributed by atoms with E-state index in [9.17, 15) is 0 Å². The Morgan fingerprint density at radius 2 is 2.19 bits per heavy atom. The van der Waals surface area contributed by atoms with Gasteiger partial charge in [0.2, 0.25) is 0 Å². The van der Waals surface area contributed by atoms with Crippen LogP contribution in [0.3, 0.4) is 0 Å². The normalized spacial score (nSPS) is 33.2. The Morgan fingerprint density at radius 1 is 1.44 bits per heavy atom. The zero-order valence-corrected chi connectivity index (χ0v) is 11.7. The van der Waals surface area contributed by atoms with E-state index in [1.807, 2.05) is 11.8 Å². The molecule has 2 nitrogen and oxygen atoms in total. The third kappa shape index (κ3) is 3.38. The maximum atomic E-state index is 3.73. The average molecular weight is 242 g/mol. The molecule has 1 saturated carbocycles. The molecule has 2 rings (SSSR count). The Kier molecular flexibility index (Phi) is 4.57. The van der Waals surface area contributed by atoms with Crippen LogP contribution in [0.1, 0.15) is 39.5 Å². The topological polar surface area (TPSA) is 15.3 Å². The van der Waals surface area contributed by atoms with Crippen LogP contribution in [-0.2, 0) is 0 Å². The molecule has 0 bridgehead atoms. The molecule has 2 aliphatic rings. The smallest absolute Gasteiger partial charge is 0.0210 e. The fourth-order valence-electron chi connectivity index (χ4n) is 2.73. The number of likely N-dealkylation sites (tertiary alicyclic amines) is 1. The lowest BCUT2D eigenvalue weighted by Crippen LogP contribution is -2.35. The summed E-state index contributed by atoms with van der Waals surface area (Å²) in [6.45, 7) is 7.20. The van der Waals surface area contributed by atoms with Gasteiger partial charge in [0.1, 0.15) is 0 Å². The van der Waals surface area contributed by atoms with Gasteiger partial charge in [-0.3, -0.25) is 4.90 Å². The predicted octanol–water partition coefficient (Wildman–Crippen LogP) is 2.34. The van der Waals surface area contributed by atoms with E-state index < -0.39 is 0 Å². The van der Waals surface area contributed by atoms with Gasteiger partial charge in [0.05, 0.1) is 0 Å². The fourth-order valence-corrected chi connectivity index (χ4v) is 3.08. The number of hydrogen-bond donors (Lipinski definition) is 1. The van der Waals surface area contributed by atoms with E-state index in [4.69, 9.17) is 0 Å². The van der Waals surface area contributed by atoms with Crippen LogP contribution < -0.4 is 5.32 Å². The Labute approximate surface area is 105 Å². The van der Waals surface area contributed by atoms with Gasteiger partial charge in [-0.2, -0.15) is 11.8 Å². The minimum Gasteiger partial charge on any atom is -0.313 e. The maximum Gasteiger partial charge on any atom is 0.0210 e. The van der Waals surface area contributed by atoms with Crippen molar-refractivity contribution in [2.75, 3.05) is 19.3 Å². The first-order valence-electron chi connectivity index (χ1n) is 6.72. The Balaban J connectivity index is 1.64. The second kappa shape index (κ2) is 5.74.